The van der Waals surface area contributed by atoms with Crippen LogP contribution in [0.25, 0.3) is 33.3 Å². The number of anilines is 1. The highest BCUT2D eigenvalue weighted by Gasteiger charge is 2.08. The molecule has 0 aliphatic heterocycles. The summed E-state index contributed by atoms with van der Waals surface area (Å²) < 4.78 is 0. The third-order valence-electron chi connectivity index (χ3n) is 4.70. The number of fused-ring (bicyclic) bond motifs is 1. The molecule has 4 aromatic rings. The summed E-state index contributed by atoms with van der Waals surface area (Å²) in [6.45, 7) is 2.12. The van der Waals surface area contributed by atoms with Crippen molar-refractivity contribution in [1.29, 1.82) is 0 Å². The van der Waals surface area contributed by atoms with Crippen molar-refractivity contribution in [2.75, 3.05) is 19.0 Å². The molecule has 0 radical (unpaired) electrons. The van der Waals surface area contributed by atoms with Crippen molar-refractivity contribution in [3.05, 3.63) is 77.4 Å². The Hall–Kier alpha value is -2.91. The van der Waals surface area contributed by atoms with Gasteiger partial charge in [0.25, 0.3) is 0 Å². The van der Waals surface area contributed by atoms with E-state index in [0.29, 0.717) is 0 Å². The summed E-state index contributed by atoms with van der Waals surface area (Å²) >= 11 is 5.97. The van der Waals surface area contributed by atoms with Crippen molar-refractivity contribution in [1.82, 2.24) is 9.97 Å². The Bertz CT molecular complexity index is 1100. The molecule has 0 saturated carbocycles. The Kier molecular flexibility index (Phi) is 4.54. The fraction of sp³-hybridized carbons (Fsp3) is 0.130. The van der Waals surface area contributed by atoms with Gasteiger partial charge in [-0.25, -0.2) is 4.98 Å². The van der Waals surface area contributed by atoms with Crippen LogP contribution in [-0.4, -0.2) is 24.1 Å². The second kappa shape index (κ2) is 7.01. The summed E-state index contributed by atoms with van der Waals surface area (Å²) in [7, 11) is 4.02. The summed E-state index contributed by atoms with van der Waals surface area (Å²) in [4.78, 5) is 11.4. The molecule has 4 rings (SSSR count). The summed E-state index contributed by atoms with van der Waals surface area (Å²) in [6.07, 6.45) is 1.91. The number of hydrogen-bond acceptors (Lipinski definition) is 3. The smallest absolute Gasteiger partial charge is 0.128 e. The highest BCUT2D eigenvalue weighted by molar-refractivity contribution is 6.30. The topological polar surface area (TPSA) is 29.0 Å². The Morgan fingerprint density at radius 3 is 2.19 bits per heavy atom. The van der Waals surface area contributed by atoms with E-state index in [9.17, 15) is 0 Å². The Morgan fingerprint density at radius 1 is 0.815 bits per heavy atom. The number of aromatic nitrogens is 2. The average molecular weight is 374 g/mol. The lowest BCUT2D eigenvalue weighted by Gasteiger charge is -2.14. The van der Waals surface area contributed by atoms with Crippen LogP contribution in [0.4, 0.5) is 5.82 Å². The van der Waals surface area contributed by atoms with E-state index < -0.39 is 0 Å². The van der Waals surface area contributed by atoms with Crippen molar-refractivity contribution in [2.24, 2.45) is 0 Å². The number of nitrogens with zero attached hydrogens (tertiary/aromatic N) is 3. The molecule has 0 unspecified atom stereocenters. The predicted octanol–water partition coefficient (Wildman–Crippen LogP) is 5.99. The molecule has 134 valence electrons. The molecule has 0 bridgehead atoms. The van der Waals surface area contributed by atoms with E-state index in [1.165, 1.54) is 5.56 Å². The number of benzene rings is 2. The first-order chi connectivity index (χ1) is 13.0. The van der Waals surface area contributed by atoms with Crippen molar-refractivity contribution >= 4 is 28.3 Å². The summed E-state index contributed by atoms with van der Waals surface area (Å²) in [5, 5.41) is 1.89. The molecular weight excluding hydrogens is 354 g/mol. The van der Waals surface area contributed by atoms with Gasteiger partial charge in [0.15, 0.2) is 0 Å². The van der Waals surface area contributed by atoms with Gasteiger partial charge in [0.1, 0.15) is 5.82 Å². The number of aryl methyl sites for hydroxylation is 1. The third kappa shape index (κ3) is 3.51. The van der Waals surface area contributed by atoms with Gasteiger partial charge in [-0.15, -0.1) is 0 Å². The van der Waals surface area contributed by atoms with E-state index in [1.807, 2.05) is 49.5 Å². The highest BCUT2D eigenvalue weighted by Crippen LogP contribution is 2.28. The molecule has 4 heteroatoms. The van der Waals surface area contributed by atoms with E-state index in [1.54, 1.807) is 0 Å². The molecule has 0 spiro atoms. The molecule has 0 saturated heterocycles. The highest BCUT2D eigenvalue weighted by atomic mass is 35.5. The van der Waals surface area contributed by atoms with E-state index in [2.05, 4.69) is 48.3 Å². The zero-order chi connectivity index (χ0) is 19.0. The van der Waals surface area contributed by atoms with Crippen molar-refractivity contribution in [3.63, 3.8) is 0 Å². The number of rotatable bonds is 3. The first kappa shape index (κ1) is 17.5. The van der Waals surface area contributed by atoms with Crippen molar-refractivity contribution < 1.29 is 0 Å². The lowest BCUT2D eigenvalue weighted by molar-refractivity contribution is 1.08. The van der Waals surface area contributed by atoms with Gasteiger partial charge in [0.2, 0.25) is 0 Å². The van der Waals surface area contributed by atoms with Crippen LogP contribution in [0.3, 0.4) is 0 Å². The molecule has 0 amide bonds. The standard InChI is InChI=1S/C23H20ClN3/c1-15-12-23(27(2)3)26-22-11-6-17(13-20(15)22)21-10-7-18(14-25-21)16-4-8-19(24)9-5-16/h4-14H,1-3H3. The fourth-order valence-corrected chi connectivity index (χ4v) is 3.27. The average Bonchev–Trinajstić information content (AvgIpc) is 2.68. The van der Waals surface area contributed by atoms with Crippen molar-refractivity contribution in [2.45, 2.75) is 6.92 Å². The molecule has 0 atom stereocenters. The van der Waals surface area contributed by atoms with E-state index in [0.717, 1.165) is 44.1 Å². The molecule has 2 aromatic carbocycles. The lowest BCUT2D eigenvalue weighted by Crippen LogP contribution is -2.10. The minimum atomic E-state index is 0.737. The molecule has 0 aliphatic carbocycles. The number of hydrogen-bond donors (Lipinski definition) is 0. The molecule has 27 heavy (non-hydrogen) atoms. The van der Waals surface area contributed by atoms with Gasteiger partial charge in [-0.3, -0.25) is 4.98 Å². The first-order valence-corrected chi connectivity index (χ1v) is 9.20. The largest absolute Gasteiger partial charge is 0.363 e. The summed E-state index contributed by atoms with van der Waals surface area (Å²) in [5.41, 5.74) is 6.43. The van der Waals surface area contributed by atoms with Gasteiger partial charge in [0, 0.05) is 41.8 Å². The predicted molar refractivity (Wildman–Crippen MR) is 114 cm³/mol. The molecular formula is C23H20ClN3. The van der Waals surface area contributed by atoms with Gasteiger partial charge in [-0.2, -0.15) is 0 Å². The normalized spacial score (nSPS) is 11.0. The molecule has 2 aromatic heterocycles. The van der Waals surface area contributed by atoms with Crippen LogP contribution < -0.4 is 4.90 Å². The number of pyridine rings is 2. The molecule has 0 aliphatic rings. The Labute approximate surface area is 164 Å². The van der Waals surface area contributed by atoms with Crippen LogP contribution in [0.2, 0.25) is 5.02 Å². The summed E-state index contributed by atoms with van der Waals surface area (Å²) in [5.74, 6) is 0.971. The van der Waals surface area contributed by atoms with Crippen LogP contribution >= 0.6 is 11.6 Å². The van der Waals surface area contributed by atoms with Crippen LogP contribution in [-0.2, 0) is 0 Å². The zero-order valence-electron chi connectivity index (χ0n) is 15.6. The minimum Gasteiger partial charge on any atom is -0.363 e. The fourth-order valence-electron chi connectivity index (χ4n) is 3.14. The monoisotopic (exact) mass is 373 g/mol. The Morgan fingerprint density at radius 2 is 1.52 bits per heavy atom. The minimum absolute atomic E-state index is 0.737. The van der Waals surface area contributed by atoms with E-state index in [4.69, 9.17) is 16.6 Å². The summed E-state index contributed by atoms with van der Waals surface area (Å²) in [6, 6.07) is 20.4. The van der Waals surface area contributed by atoms with E-state index in [-0.39, 0.29) is 0 Å². The van der Waals surface area contributed by atoms with Gasteiger partial charge in [0.05, 0.1) is 11.2 Å². The lowest BCUT2D eigenvalue weighted by atomic mass is 10.0. The SMILES string of the molecule is Cc1cc(N(C)C)nc2ccc(-c3ccc(-c4ccc(Cl)cc4)cn3)cc12. The second-order valence-electron chi connectivity index (χ2n) is 6.86. The van der Waals surface area contributed by atoms with E-state index >= 15 is 0 Å². The molecule has 3 nitrogen and oxygen atoms in total. The Balaban J connectivity index is 1.70. The molecule has 0 N–H and O–H groups in total. The number of halogens is 1. The van der Waals surface area contributed by atoms with Crippen LogP contribution in [0.15, 0.2) is 66.9 Å². The molecule has 2 heterocycles. The van der Waals surface area contributed by atoms with Gasteiger partial charge in [-0.1, -0.05) is 35.9 Å². The maximum atomic E-state index is 5.97. The van der Waals surface area contributed by atoms with Crippen LogP contribution in [0.5, 0.6) is 0 Å². The van der Waals surface area contributed by atoms with Gasteiger partial charge < -0.3 is 4.90 Å². The van der Waals surface area contributed by atoms with Gasteiger partial charge >= 0.3 is 0 Å². The quantitative estimate of drug-likeness (QED) is 0.441. The van der Waals surface area contributed by atoms with Gasteiger partial charge in [-0.05, 0) is 54.4 Å². The van der Waals surface area contributed by atoms with Crippen LogP contribution in [0.1, 0.15) is 5.56 Å². The second-order valence-corrected chi connectivity index (χ2v) is 7.30. The van der Waals surface area contributed by atoms with Crippen molar-refractivity contribution in [3.8, 4) is 22.4 Å². The zero-order valence-corrected chi connectivity index (χ0v) is 16.3. The first-order valence-electron chi connectivity index (χ1n) is 8.82. The molecule has 0 fully saturated rings. The maximum absolute atomic E-state index is 5.97. The third-order valence-corrected chi connectivity index (χ3v) is 4.95. The van der Waals surface area contributed by atoms with Crippen LogP contribution in [0, 0.1) is 6.92 Å². The maximum Gasteiger partial charge on any atom is 0.128 e.